The minimum Gasteiger partial charge on any atom is -0.207 e. The first kappa shape index (κ1) is 15.1. The third-order valence-electron chi connectivity index (χ3n) is 3.96. The Labute approximate surface area is 133 Å². The lowest BCUT2D eigenvalue weighted by Gasteiger charge is -2.35. The molecule has 0 amide bonds. The van der Waals surface area contributed by atoms with Gasteiger partial charge in [-0.15, -0.1) is 11.6 Å². The van der Waals surface area contributed by atoms with Crippen molar-refractivity contribution in [3.8, 4) is 0 Å². The highest BCUT2D eigenvalue weighted by Gasteiger charge is 2.36. The van der Waals surface area contributed by atoms with E-state index in [9.17, 15) is 8.42 Å². The van der Waals surface area contributed by atoms with Crippen molar-refractivity contribution in [2.45, 2.75) is 42.5 Å². The number of halogens is 1. The maximum Gasteiger partial charge on any atom is 0.243 e. The van der Waals surface area contributed by atoms with E-state index in [-0.39, 0.29) is 10.8 Å². The average molecular weight is 346 g/mol. The van der Waals surface area contributed by atoms with Crippen LogP contribution in [0.5, 0.6) is 0 Å². The van der Waals surface area contributed by atoms with E-state index in [4.69, 9.17) is 11.6 Å². The molecular formula is C13H16ClN3O2S2. The van der Waals surface area contributed by atoms with E-state index in [2.05, 4.69) is 13.5 Å². The average Bonchev–Trinajstić information content (AvgIpc) is 2.96. The van der Waals surface area contributed by atoms with Crippen molar-refractivity contribution in [2.75, 3.05) is 5.88 Å². The zero-order valence-corrected chi connectivity index (χ0v) is 13.8. The van der Waals surface area contributed by atoms with E-state index in [1.54, 1.807) is 18.2 Å². The molecule has 2 aromatic rings. The van der Waals surface area contributed by atoms with Crippen molar-refractivity contribution >= 4 is 44.4 Å². The smallest absolute Gasteiger partial charge is 0.207 e. The molecule has 0 atom stereocenters. The molecule has 3 rings (SSSR count). The summed E-state index contributed by atoms with van der Waals surface area (Å²) in [4.78, 5) is 0.184. The maximum absolute atomic E-state index is 12.7. The van der Waals surface area contributed by atoms with Gasteiger partial charge in [-0.05, 0) is 25.0 Å². The molecule has 1 saturated carbocycles. The van der Waals surface area contributed by atoms with E-state index < -0.39 is 15.6 Å². The van der Waals surface area contributed by atoms with Crippen LogP contribution in [0.15, 0.2) is 23.1 Å². The lowest BCUT2D eigenvalue weighted by atomic mass is 9.84. The van der Waals surface area contributed by atoms with Crippen molar-refractivity contribution < 1.29 is 8.42 Å². The first-order valence-electron chi connectivity index (χ1n) is 6.88. The Balaban J connectivity index is 1.98. The normalized spacial score (nSPS) is 18.9. The Kier molecular flexibility index (Phi) is 4.18. The predicted octanol–water partition coefficient (Wildman–Crippen LogP) is 2.91. The van der Waals surface area contributed by atoms with Crippen LogP contribution in [0.25, 0.3) is 11.0 Å². The number of fused-ring (bicyclic) bond motifs is 1. The second kappa shape index (κ2) is 5.79. The SMILES string of the molecule is O=S(=O)(NC1(CCl)CCCCC1)c1cccc2nsnc12. The molecule has 1 aliphatic carbocycles. The van der Waals surface area contributed by atoms with E-state index in [1.165, 1.54) is 0 Å². The molecule has 21 heavy (non-hydrogen) atoms. The van der Waals surface area contributed by atoms with E-state index in [0.717, 1.165) is 43.8 Å². The second-order valence-electron chi connectivity index (χ2n) is 5.47. The highest BCUT2D eigenvalue weighted by Crippen LogP contribution is 2.32. The van der Waals surface area contributed by atoms with Gasteiger partial charge in [0.2, 0.25) is 10.0 Å². The Morgan fingerprint density at radius 3 is 2.71 bits per heavy atom. The van der Waals surface area contributed by atoms with Crippen LogP contribution in [-0.4, -0.2) is 28.6 Å². The summed E-state index contributed by atoms with van der Waals surface area (Å²) in [6, 6.07) is 5.01. The fourth-order valence-electron chi connectivity index (χ4n) is 2.83. The lowest BCUT2D eigenvalue weighted by Crippen LogP contribution is -2.51. The summed E-state index contributed by atoms with van der Waals surface area (Å²) in [5.41, 5.74) is 0.492. The lowest BCUT2D eigenvalue weighted by molar-refractivity contribution is 0.298. The van der Waals surface area contributed by atoms with Crippen molar-refractivity contribution in [3.05, 3.63) is 18.2 Å². The van der Waals surface area contributed by atoms with Gasteiger partial charge in [-0.2, -0.15) is 8.75 Å². The molecule has 1 N–H and O–H groups in total. The number of sulfonamides is 1. The minimum absolute atomic E-state index is 0.184. The Morgan fingerprint density at radius 2 is 2.00 bits per heavy atom. The predicted molar refractivity (Wildman–Crippen MR) is 84.3 cm³/mol. The van der Waals surface area contributed by atoms with Gasteiger partial charge >= 0.3 is 0 Å². The summed E-state index contributed by atoms with van der Waals surface area (Å²) < 4.78 is 36.5. The van der Waals surface area contributed by atoms with Crippen molar-refractivity contribution in [2.24, 2.45) is 0 Å². The van der Waals surface area contributed by atoms with Crippen molar-refractivity contribution in [1.82, 2.24) is 13.5 Å². The monoisotopic (exact) mass is 345 g/mol. The number of hydrogen-bond acceptors (Lipinski definition) is 5. The van der Waals surface area contributed by atoms with E-state index in [0.29, 0.717) is 11.0 Å². The van der Waals surface area contributed by atoms with Crippen molar-refractivity contribution in [3.63, 3.8) is 0 Å². The Bertz CT molecular complexity index is 739. The Morgan fingerprint density at radius 1 is 1.24 bits per heavy atom. The highest BCUT2D eigenvalue weighted by atomic mass is 35.5. The molecule has 1 aromatic carbocycles. The van der Waals surface area contributed by atoms with Gasteiger partial charge in [-0.1, -0.05) is 25.3 Å². The van der Waals surface area contributed by atoms with Gasteiger partial charge in [0.1, 0.15) is 15.9 Å². The summed E-state index contributed by atoms with van der Waals surface area (Å²) >= 11 is 7.09. The molecule has 0 bridgehead atoms. The highest BCUT2D eigenvalue weighted by molar-refractivity contribution is 7.89. The van der Waals surface area contributed by atoms with Crippen LogP contribution in [0.3, 0.4) is 0 Å². The summed E-state index contributed by atoms with van der Waals surface area (Å²) in [6.45, 7) is 0. The summed E-state index contributed by atoms with van der Waals surface area (Å²) in [5, 5.41) is 0. The van der Waals surface area contributed by atoms with Crippen LogP contribution in [-0.2, 0) is 10.0 Å². The first-order chi connectivity index (χ1) is 10.1. The van der Waals surface area contributed by atoms with Crippen LogP contribution in [0.4, 0.5) is 0 Å². The molecule has 0 unspecified atom stereocenters. The quantitative estimate of drug-likeness (QED) is 0.865. The number of benzene rings is 1. The number of alkyl halides is 1. The van der Waals surface area contributed by atoms with Gasteiger partial charge in [0.15, 0.2) is 0 Å². The van der Waals surface area contributed by atoms with Gasteiger partial charge in [0.05, 0.1) is 11.7 Å². The molecule has 1 fully saturated rings. The second-order valence-corrected chi connectivity index (χ2v) is 7.91. The number of aromatic nitrogens is 2. The number of nitrogens with one attached hydrogen (secondary N) is 1. The molecule has 114 valence electrons. The number of hydrogen-bond donors (Lipinski definition) is 1. The standard InChI is InChI=1S/C13H16ClN3O2S2/c14-9-13(7-2-1-3-8-13)17-21(18,19)11-6-4-5-10-12(11)16-20-15-10/h4-6,17H,1-3,7-9H2. The fourth-order valence-corrected chi connectivity index (χ4v) is 5.47. The van der Waals surface area contributed by atoms with Crippen molar-refractivity contribution in [1.29, 1.82) is 0 Å². The zero-order chi connectivity index (χ0) is 14.9. The molecule has 0 aliphatic heterocycles. The van der Waals surface area contributed by atoms with Crippen LogP contribution in [0.1, 0.15) is 32.1 Å². The molecule has 5 nitrogen and oxygen atoms in total. The molecule has 1 aliphatic rings. The van der Waals surface area contributed by atoms with Crippen LogP contribution < -0.4 is 4.72 Å². The number of rotatable bonds is 4. The minimum atomic E-state index is -3.66. The van der Waals surface area contributed by atoms with Gasteiger partial charge in [0, 0.05) is 11.4 Å². The third kappa shape index (κ3) is 2.92. The van der Waals surface area contributed by atoms with E-state index in [1.807, 2.05) is 0 Å². The molecule has 1 aromatic heterocycles. The summed E-state index contributed by atoms with van der Waals surface area (Å²) in [6.07, 6.45) is 4.68. The molecule has 0 radical (unpaired) electrons. The summed E-state index contributed by atoms with van der Waals surface area (Å²) in [7, 11) is -3.66. The largest absolute Gasteiger partial charge is 0.243 e. The topological polar surface area (TPSA) is 72.0 Å². The van der Waals surface area contributed by atoms with Gasteiger partial charge in [-0.3, -0.25) is 0 Å². The van der Waals surface area contributed by atoms with Crippen LogP contribution >= 0.6 is 23.3 Å². The Hall–Kier alpha value is -0.760. The fraction of sp³-hybridized carbons (Fsp3) is 0.538. The van der Waals surface area contributed by atoms with Crippen LogP contribution in [0.2, 0.25) is 0 Å². The van der Waals surface area contributed by atoms with Crippen LogP contribution in [0, 0.1) is 0 Å². The molecular weight excluding hydrogens is 330 g/mol. The molecule has 1 heterocycles. The zero-order valence-electron chi connectivity index (χ0n) is 11.4. The maximum atomic E-state index is 12.7. The number of nitrogens with zero attached hydrogens (tertiary/aromatic N) is 2. The van der Waals surface area contributed by atoms with Gasteiger partial charge in [0.25, 0.3) is 0 Å². The molecule has 0 saturated heterocycles. The molecule has 0 spiro atoms. The van der Waals surface area contributed by atoms with Gasteiger partial charge < -0.3 is 0 Å². The first-order valence-corrected chi connectivity index (χ1v) is 9.62. The van der Waals surface area contributed by atoms with Gasteiger partial charge in [-0.25, -0.2) is 13.1 Å². The third-order valence-corrected chi connectivity index (χ3v) is 6.62. The summed E-state index contributed by atoms with van der Waals surface area (Å²) in [5.74, 6) is 0.289. The van der Waals surface area contributed by atoms with E-state index >= 15 is 0 Å². The molecule has 8 heteroatoms.